The van der Waals surface area contributed by atoms with Gasteiger partial charge in [-0.25, -0.2) is 0 Å². The van der Waals surface area contributed by atoms with E-state index in [0.29, 0.717) is 19.0 Å². The van der Waals surface area contributed by atoms with Crippen molar-refractivity contribution >= 4 is 41.5 Å². The minimum absolute atomic E-state index is 0. The van der Waals surface area contributed by atoms with Crippen LogP contribution in [0.5, 0.6) is 0 Å². The molecule has 0 saturated carbocycles. The van der Waals surface area contributed by atoms with Gasteiger partial charge in [0.25, 0.3) is 0 Å². The second-order valence-electron chi connectivity index (χ2n) is 6.67. The molecule has 27 heavy (non-hydrogen) atoms. The summed E-state index contributed by atoms with van der Waals surface area (Å²) >= 11 is 0. The molecule has 1 heterocycles. The standard InChI is InChI=1S/C20H33N5O.HI/c1-4-17(3)23-20(21-5-2)22-12-11-19(26)25-15-13-24(14-16-25)18-9-7-6-8-10-18;/h6-10,17H,4-5,11-16H2,1-3H3,(H2,21,22,23);1H. The first kappa shape index (κ1) is 23.5. The molecule has 2 rings (SSSR count). The average molecular weight is 487 g/mol. The topological polar surface area (TPSA) is 60.0 Å². The van der Waals surface area contributed by atoms with Crippen molar-refractivity contribution < 1.29 is 4.79 Å². The number of nitrogens with zero attached hydrogens (tertiary/aromatic N) is 3. The Hall–Kier alpha value is -1.51. The number of aliphatic imine (C=N–C) groups is 1. The molecule has 0 aliphatic carbocycles. The van der Waals surface area contributed by atoms with Crippen molar-refractivity contribution in [3.05, 3.63) is 30.3 Å². The molecule has 6 nitrogen and oxygen atoms in total. The van der Waals surface area contributed by atoms with Crippen LogP contribution in [0.1, 0.15) is 33.6 Å². The number of nitrogens with one attached hydrogen (secondary N) is 2. The second kappa shape index (κ2) is 12.8. The van der Waals surface area contributed by atoms with Crippen LogP contribution in [0.25, 0.3) is 0 Å². The van der Waals surface area contributed by atoms with Gasteiger partial charge in [0.2, 0.25) is 5.91 Å². The van der Waals surface area contributed by atoms with Crippen molar-refractivity contribution in [1.29, 1.82) is 0 Å². The van der Waals surface area contributed by atoms with E-state index < -0.39 is 0 Å². The molecule has 1 aromatic rings. The molecule has 1 atom stereocenters. The monoisotopic (exact) mass is 487 g/mol. The molecule has 1 saturated heterocycles. The Morgan fingerprint density at radius 1 is 1.15 bits per heavy atom. The highest BCUT2D eigenvalue weighted by Gasteiger charge is 2.20. The van der Waals surface area contributed by atoms with Crippen LogP contribution in [0.3, 0.4) is 0 Å². The van der Waals surface area contributed by atoms with Crippen molar-refractivity contribution in [3.63, 3.8) is 0 Å². The summed E-state index contributed by atoms with van der Waals surface area (Å²) in [7, 11) is 0. The van der Waals surface area contributed by atoms with E-state index in [1.807, 2.05) is 17.9 Å². The number of benzene rings is 1. The number of carbonyl (C=O) groups is 1. The van der Waals surface area contributed by atoms with Gasteiger partial charge in [-0.05, 0) is 32.4 Å². The molecule has 1 amide bonds. The number of guanidine groups is 1. The number of hydrogen-bond donors (Lipinski definition) is 2. The highest BCUT2D eigenvalue weighted by atomic mass is 127. The highest BCUT2D eigenvalue weighted by molar-refractivity contribution is 14.0. The number of carbonyl (C=O) groups excluding carboxylic acids is 1. The van der Waals surface area contributed by atoms with Gasteiger partial charge in [-0.3, -0.25) is 9.79 Å². The van der Waals surface area contributed by atoms with Gasteiger partial charge in [0.1, 0.15) is 0 Å². The molecule has 1 fully saturated rings. The number of piperazine rings is 1. The third-order valence-corrected chi connectivity index (χ3v) is 4.69. The van der Waals surface area contributed by atoms with Crippen LogP contribution >= 0.6 is 24.0 Å². The largest absolute Gasteiger partial charge is 0.368 e. The SMILES string of the molecule is CCNC(=NCCC(=O)N1CCN(c2ccccc2)CC1)NC(C)CC.I. The van der Waals surface area contributed by atoms with E-state index in [-0.39, 0.29) is 29.9 Å². The first-order valence-electron chi connectivity index (χ1n) is 9.76. The molecule has 0 bridgehead atoms. The normalized spacial score (nSPS) is 15.7. The molecular formula is C20H34IN5O. The summed E-state index contributed by atoms with van der Waals surface area (Å²) in [5.41, 5.74) is 1.23. The van der Waals surface area contributed by atoms with E-state index in [9.17, 15) is 4.79 Å². The average Bonchev–Trinajstić information content (AvgIpc) is 2.68. The first-order chi connectivity index (χ1) is 12.6. The molecule has 7 heteroatoms. The quantitative estimate of drug-likeness (QED) is 0.353. The van der Waals surface area contributed by atoms with E-state index in [0.717, 1.165) is 45.1 Å². The van der Waals surface area contributed by atoms with E-state index in [4.69, 9.17) is 0 Å². The van der Waals surface area contributed by atoms with Gasteiger partial charge in [0.15, 0.2) is 5.96 Å². The summed E-state index contributed by atoms with van der Waals surface area (Å²) in [4.78, 5) is 21.3. The molecule has 0 aromatic heterocycles. The smallest absolute Gasteiger partial charge is 0.224 e. The van der Waals surface area contributed by atoms with Gasteiger partial charge in [0.05, 0.1) is 6.54 Å². The summed E-state index contributed by atoms with van der Waals surface area (Å²) in [5.74, 6) is 0.990. The first-order valence-corrected chi connectivity index (χ1v) is 9.76. The Morgan fingerprint density at radius 3 is 2.41 bits per heavy atom. The summed E-state index contributed by atoms with van der Waals surface area (Å²) in [6.07, 6.45) is 1.50. The lowest BCUT2D eigenvalue weighted by atomic mass is 10.2. The third-order valence-electron chi connectivity index (χ3n) is 4.69. The Bertz CT molecular complexity index is 573. The van der Waals surface area contributed by atoms with Crippen LogP contribution in [-0.4, -0.2) is 62.1 Å². The fourth-order valence-corrected chi connectivity index (χ4v) is 2.93. The lowest BCUT2D eigenvalue weighted by Gasteiger charge is -2.36. The maximum atomic E-state index is 12.5. The van der Waals surface area contributed by atoms with Crippen LogP contribution in [0.2, 0.25) is 0 Å². The van der Waals surface area contributed by atoms with Crippen molar-refractivity contribution in [1.82, 2.24) is 15.5 Å². The minimum Gasteiger partial charge on any atom is -0.368 e. The maximum absolute atomic E-state index is 12.5. The number of halogens is 1. The number of para-hydroxylation sites is 1. The van der Waals surface area contributed by atoms with Crippen LogP contribution < -0.4 is 15.5 Å². The molecule has 1 aromatic carbocycles. The van der Waals surface area contributed by atoms with Gasteiger partial charge in [-0.2, -0.15) is 0 Å². The molecular weight excluding hydrogens is 453 g/mol. The number of anilines is 1. The fraction of sp³-hybridized carbons (Fsp3) is 0.600. The predicted molar refractivity (Wildman–Crippen MR) is 124 cm³/mol. The van der Waals surface area contributed by atoms with Crippen LogP contribution in [-0.2, 0) is 4.79 Å². The lowest BCUT2D eigenvalue weighted by Crippen LogP contribution is -2.49. The zero-order valence-corrected chi connectivity index (χ0v) is 19.1. The van der Waals surface area contributed by atoms with Gasteiger partial charge in [-0.15, -0.1) is 24.0 Å². The molecule has 152 valence electrons. The van der Waals surface area contributed by atoms with Gasteiger partial charge < -0.3 is 20.4 Å². The van der Waals surface area contributed by atoms with E-state index in [1.165, 1.54) is 5.69 Å². The third kappa shape index (κ3) is 7.94. The predicted octanol–water partition coefficient (Wildman–Crippen LogP) is 2.70. The van der Waals surface area contributed by atoms with Crippen molar-refractivity contribution in [3.8, 4) is 0 Å². The maximum Gasteiger partial charge on any atom is 0.224 e. The molecule has 0 spiro atoms. The van der Waals surface area contributed by atoms with Crippen molar-refractivity contribution in [2.24, 2.45) is 4.99 Å². The summed E-state index contributed by atoms with van der Waals surface area (Å²) in [6.45, 7) is 11.0. The number of hydrogen-bond acceptors (Lipinski definition) is 3. The van der Waals surface area contributed by atoms with Crippen molar-refractivity contribution in [2.75, 3.05) is 44.2 Å². The Morgan fingerprint density at radius 2 is 1.81 bits per heavy atom. The lowest BCUT2D eigenvalue weighted by molar-refractivity contribution is -0.131. The Labute approximate surface area is 180 Å². The Balaban J connectivity index is 0.00000364. The number of amides is 1. The van der Waals surface area contributed by atoms with Crippen molar-refractivity contribution in [2.45, 2.75) is 39.7 Å². The van der Waals surface area contributed by atoms with Crippen LogP contribution in [0.4, 0.5) is 5.69 Å². The summed E-state index contributed by atoms with van der Waals surface area (Å²) in [5, 5.41) is 6.58. The van der Waals surface area contributed by atoms with Gasteiger partial charge in [0, 0.05) is 50.9 Å². The summed E-state index contributed by atoms with van der Waals surface area (Å²) < 4.78 is 0. The van der Waals surface area contributed by atoms with Crippen LogP contribution in [0.15, 0.2) is 35.3 Å². The molecule has 1 aliphatic rings. The second-order valence-corrected chi connectivity index (χ2v) is 6.67. The minimum atomic E-state index is 0. The van der Waals surface area contributed by atoms with Crippen LogP contribution in [0, 0.1) is 0 Å². The summed E-state index contributed by atoms with van der Waals surface area (Å²) in [6, 6.07) is 10.8. The fourth-order valence-electron chi connectivity index (χ4n) is 2.93. The van der Waals surface area contributed by atoms with Gasteiger partial charge >= 0.3 is 0 Å². The number of rotatable bonds is 7. The molecule has 1 unspecified atom stereocenters. The molecule has 0 radical (unpaired) electrons. The van der Waals surface area contributed by atoms with Gasteiger partial charge in [-0.1, -0.05) is 25.1 Å². The zero-order valence-electron chi connectivity index (χ0n) is 16.8. The highest BCUT2D eigenvalue weighted by Crippen LogP contribution is 2.15. The molecule has 2 N–H and O–H groups in total. The van der Waals surface area contributed by atoms with E-state index >= 15 is 0 Å². The zero-order chi connectivity index (χ0) is 18.8. The molecule has 1 aliphatic heterocycles. The van der Waals surface area contributed by atoms with E-state index in [2.05, 4.69) is 58.6 Å². The Kier molecular flexibility index (Phi) is 11.2. The van der Waals surface area contributed by atoms with E-state index in [1.54, 1.807) is 0 Å².